The molecule has 0 radical (unpaired) electrons. The Balaban J connectivity index is 1.37. The molecule has 0 amide bonds. The lowest BCUT2D eigenvalue weighted by Crippen LogP contribution is -2.44. The zero-order valence-electron chi connectivity index (χ0n) is 21.9. The molecule has 4 N–H and O–H groups in total. The Kier molecular flexibility index (Phi) is 8.23. The summed E-state index contributed by atoms with van der Waals surface area (Å²) in [5, 5.41) is 17.5. The number of ether oxygens (including phenoxy) is 3. The van der Waals surface area contributed by atoms with Crippen LogP contribution < -0.4 is 20.3 Å². The molecule has 0 bridgehead atoms. The monoisotopic (exact) mass is 583 g/mol. The molecule has 10 heteroatoms. The Morgan fingerprint density at radius 2 is 2.16 bits per heavy atom. The Bertz CT molecular complexity index is 1350. The number of allylic oxidation sites excluding steroid dienone is 1. The van der Waals surface area contributed by atoms with Crippen molar-refractivity contribution in [2.75, 3.05) is 58.5 Å². The number of hydrogen-bond acceptors (Lipinski definition) is 8. The van der Waals surface area contributed by atoms with Gasteiger partial charge in [0.25, 0.3) is 0 Å². The van der Waals surface area contributed by atoms with Crippen LogP contribution in [0.2, 0.25) is 0 Å². The van der Waals surface area contributed by atoms with Crippen molar-refractivity contribution >= 4 is 38.2 Å². The summed E-state index contributed by atoms with van der Waals surface area (Å²) in [7, 11) is 3.33. The molecule has 0 saturated carbocycles. The van der Waals surface area contributed by atoms with Gasteiger partial charge in [0.15, 0.2) is 0 Å². The van der Waals surface area contributed by atoms with Crippen LogP contribution in [-0.4, -0.2) is 74.8 Å². The molecule has 2 aliphatic rings. The van der Waals surface area contributed by atoms with Crippen LogP contribution in [0.1, 0.15) is 23.1 Å². The number of hydrogen-bond donors (Lipinski definition) is 4. The number of rotatable bonds is 9. The molecule has 2 aliphatic heterocycles. The third kappa shape index (κ3) is 5.68. The molecule has 3 aromatic rings. The summed E-state index contributed by atoms with van der Waals surface area (Å²) in [6, 6.07) is 9.95. The van der Waals surface area contributed by atoms with E-state index in [2.05, 4.69) is 55.5 Å². The highest BCUT2D eigenvalue weighted by atomic mass is 79.9. The maximum Gasteiger partial charge on any atom is 0.138 e. The number of fused-ring (bicyclic) bond motifs is 1. The molecule has 1 fully saturated rings. The number of methoxy groups -OCH3 is 2. The average molecular weight is 585 g/mol. The number of aryl methyl sites for hydroxylation is 1. The number of aliphatic hydroxyl groups excluding tert-OH is 1. The molecule has 2 atom stereocenters. The second-order valence-electron chi connectivity index (χ2n) is 9.54. The smallest absolute Gasteiger partial charge is 0.138 e. The standard InChI is InChI=1S/C28H34BrN5O4/c1-17-10-19(34-8-9-38-20(15-34)16-36-2)12-24-27(17)33-28(32-24)21-13-30-7-6-23(21)31-14-25(35)18-4-5-26(37-3)22(29)11-18/h4-7,10-12,20,25,30-31,35H,8-9,13-16H2,1-3H3,(H,32,33)/t20-,25+/m0/s1. The highest BCUT2D eigenvalue weighted by Crippen LogP contribution is 2.30. The van der Waals surface area contributed by atoms with E-state index in [1.54, 1.807) is 14.2 Å². The summed E-state index contributed by atoms with van der Waals surface area (Å²) < 4.78 is 17.2. The van der Waals surface area contributed by atoms with Crippen LogP contribution in [0.25, 0.3) is 16.6 Å². The quantitative estimate of drug-likeness (QED) is 0.303. The fourth-order valence-corrected chi connectivity index (χ4v) is 5.49. The molecule has 3 heterocycles. The van der Waals surface area contributed by atoms with Crippen LogP contribution in [-0.2, 0) is 9.47 Å². The fourth-order valence-electron chi connectivity index (χ4n) is 4.93. The van der Waals surface area contributed by atoms with Crippen LogP contribution in [0, 0.1) is 6.92 Å². The number of aromatic amines is 1. The van der Waals surface area contributed by atoms with Crippen molar-refractivity contribution in [3.05, 3.63) is 69.7 Å². The highest BCUT2D eigenvalue weighted by Gasteiger charge is 2.23. The Hall–Kier alpha value is -3.05. The Morgan fingerprint density at radius 3 is 2.95 bits per heavy atom. The van der Waals surface area contributed by atoms with E-state index in [4.69, 9.17) is 19.2 Å². The maximum absolute atomic E-state index is 10.8. The highest BCUT2D eigenvalue weighted by molar-refractivity contribution is 9.10. The summed E-state index contributed by atoms with van der Waals surface area (Å²) in [5.74, 6) is 1.53. The summed E-state index contributed by atoms with van der Waals surface area (Å²) >= 11 is 3.49. The Labute approximate surface area is 231 Å². The van der Waals surface area contributed by atoms with Crippen LogP contribution in [0.4, 0.5) is 5.69 Å². The van der Waals surface area contributed by atoms with E-state index in [-0.39, 0.29) is 6.10 Å². The second kappa shape index (κ2) is 11.8. The molecule has 1 aromatic heterocycles. The molecule has 0 unspecified atom stereocenters. The molecule has 0 spiro atoms. The number of imidazole rings is 1. The van der Waals surface area contributed by atoms with Crippen molar-refractivity contribution < 1.29 is 19.3 Å². The number of aromatic nitrogens is 2. The fraction of sp³-hybridized carbons (Fsp3) is 0.393. The van der Waals surface area contributed by atoms with Crippen LogP contribution in [0.15, 0.2) is 52.8 Å². The lowest BCUT2D eigenvalue weighted by Gasteiger charge is -2.34. The molecular formula is C28H34BrN5O4. The first-order chi connectivity index (χ1) is 18.5. The Morgan fingerprint density at radius 1 is 1.29 bits per heavy atom. The van der Waals surface area contributed by atoms with Gasteiger partial charge < -0.3 is 39.8 Å². The molecule has 5 rings (SSSR count). The van der Waals surface area contributed by atoms with Crippen LogP contribution in [0.5, 0.6) is 5.75 Å². The second-order valence-corrected chi connectivity index (χ2v) is 10.4. The van der Waals surface area contributed by atoms with E-state index in [0.29, 0.717) is 26.3 Å². The average Bonchev–Trinajstić information content (AvgIpc) is 3.37. The maximum atomic E-state index is 10.8. The number of dihydropyridines is 1. The molecule has 2 aromatic carbocycles. The van der Waals surface area contributed by atoms with Gasteiger partial charge in [0.2, 0.25) is 0 Å². The number of morpholine rings is 1. The van der Waals surface area contributed by atoms with Gasteiger partial charge >= 0.3 is 0 Å². The number of nitrogens with one attached hydrogen (secondary N) is 3. The third-order valence-corrected chi connectivity index (χ3v) is 7.54. The predicted octanol–water partition coefficient (Wildman–Crippen LogP) is 3.65. The number of aliphatic hydroxyl groups is 1. The molecular weight excluding hydrogens is 550 g/mol. The van der Waals surface area contributed by atoms with Gasteiger partial charge in [-0.3, -0.25) is 0 Å². The van der Waals surface area contributed by atoms with Gasteiger partial charge in [0, 0.05) is 50.2 Å². The third-order valence-electron chi connectivity index (χ3n) is 6.92. The summed E-state index contributed by atoms with van der Waals surface area (Å²) in [5.41, 5.74) is 6.95. The number of halogens is 1. The molecule has 202 valence electrons. The minimum absolute atomic E-state index is 0.0651. The van der Waals surface area contributed by atoms with Crippen LogP contribution in [0.3, 0.4) is 0 Å². The molecule has 38 heavy (non-hydrogen) atoms. The molecule has 1 saturated heterocycles. The van der Waals surface area contributed by atoms with E-state index in [1.165, 1.54) is 0 Å². The first-order valence-electron chi connectivity index (χ1n) is 12.7. The van der Waals surface area contributed by atoms with Crippen molar-refractivity contribution in [1.29, 1.82) is 0 Å². The van der Waals surface area contributed by atoms with Crippen molar-refractivity contribution in [2.24, 2.45) is 0 Å². The lowest BCUT2D eigenvalue weighted by atomic mass is 10.1. The van der Waals surface area contributed by atoms with Crippen molar-refractivity contribution in [1.82, 2.24) is 20.6 Å². The van der Waals surface area contributed by atoms with Crippen molar-refractivity contribution in [2.45, 2.75) is 19.1 Å². The summed E-state index contributed by atoms with van der Waals surface area (Å²) in [6.45, 7) is 5.97. The lowest BCUT2D eigenvalue weighted by molar-refractivity contribution is -0.0100. The van der Waals surface area contributed by atoms with Gasteiger partial charge in [-0.05, 0) is 70.5 Å². The zero-order chi connectivity index (χ0) is 26.6. The van der Waals surface area contributed by atoms with Crippen LogP contribution >= 0.6 is 15.9 Å². The van der Waals surface area contributed by atoms with E-state index in [0.717, 1.165) is 68.3 Å². The van der Waals surface area contributed by atoms with E-state index in [9.17, 15) is 5.11 Å². The topological polar surface area (TPSA) is 104 Å². The number of benzene rings is 2. The van der Waals surface area contributed by atoms with Gasteiger partial charge in [0.05, 0.1) is 48.0 Å². The summed E-state index contributed by atoms with van der Waals surface area (Å²) in [4.78, 5) is 10.8. The van der Waals surface area contributed by atoms with E-state index >= 15 is 0 Å². The number of nitrogens with zero attached hydrogens (tertiary/aromatic N) is 2. The molecule has 9 nitrogen and oxygen atoms in total. The van der Waals surface area contributed by atoms with E-state index in [1.807, 2.05) is 30.5 Å². The minimum atomic E-state index is -0.690. The minimum Gasteiger partial charge on any atom is -0.496 e. The summed E-state index contributed by atoms with van der Waals surface area (Å²) in [6.07, 6.45) is 3.26. The van der Waals surface area contributed by atoms with Gasteiger partial charge in [0.1, 0.15) is 11.6 Å². The first-order valence-corrected chi connectivity index (χ1v) is 13.5. The molecule has 0 aliphatic carbocycles. The van der Waals surface area contributed by atoms with Gasteiger partial charge in [-0.15, -0.1) is 0 Å². The first kappa shape index (κ1) is 26.6. The van der Waals surface area contributed by atoms with Gasteiger partial charge in [-0.25, -0.2) is 4.98 Å². The number of H-pyrrole nitrogens is 1. The van der Waals surface area contributed by atoms with Gasteiger partial charge in [-0.1, -0.05) is 6.07 Å². The normalized spacial score (nSPS) is 18.6. The van der Waals surface area contributed by atoms with Gasteiger partial charge in [-0.2, -0.15) is 0 Å². The predicted molar refractivity (Wildman–Crippen MR) is 152 cm³/mol. The largest absolute Gasteiger partial charge is 0.496 e. The SMILES string of the molecule is COC[C@@H]1CN(c2cc(C)c3nc(C4=C(NC[C@@H](O)c5ccc(OC)c(Br)c5)C=CNC4)[nH]c3c2)CCO1. The van der Waals surface area contributed by atoms with E-state index < -0.39 is 6.10 Å². The number of anilines is 1. The van der Waals surface area contributed by atoms with Crippen molar-refractivity contribution in [3.63, 3.8) is 0 Å². The van der Waals surface area contributed by atoms with Crippen molar-refractivity contribution in [3.8, 4) is 5.75 Å². The zero-order valence-corrected chi connectivity index (χ0v) is 23.5.